The number of nitrogens with one attached hydrogen (secondary N) is 2. The fourth-order valence-corrected chi connectivity index (χ4v) is 4.50. The maximum absolute atomic E-state index is 11.6. The Kier molecular flexibility index (Phi) is 8.53. The molecule has 2 aromatic carbocycles. The Balaban J connectivity index is 1.46. The second kappa shape index (κ2) is 11.8. The van der Waals surface area contributed by atoms with Gasteiger partial charge >= 0.3 is 6.03 Å². The van der Waals surface area contributed by atoms with Crippen LogP contribution in [0, 0.1) is 0 Å². The number of hydrogen-bond acceptors (Lipinski definition) is 6. The molecule has 2 amide bonds. The van der Waals surface area contributed by atoms with Gasteiger partial charge in [-0.1, -0.05) is 48.5 Å². The van der Waals surface area contributed by atoms with E-state index in [-0.39, 0.29) is 30.9 Å². The first-order valence-corrected chi connectivity index (χ1v) is 12.1. The van der Waals surface area contributed by atoms with Gasteiger partial charge in [0.05, 0.1) is 24.9 Å². The molecule has 0 saturated carbocycles. The summed E-state index contributed by atoms with van der Waals surface area (Å²) in [5.41, 5.74) is 3.83. The number of aliphatic hydroxyl groups is 2. The van der Waals surface area contributed by atoms with E-state index in [1.807, 2.05) is 55.5 Å². The standard InChI is InChI=1S/C26H35N3O5/c1-2-27-26(32)28-14-18-3-9-21(10-4-18)25-33-23(16-29-12-11-22(31)15-29)13-24(34-25)20-7-5-19(17-30)6-8-20/h3-10,22-25,30-31H,2,11-17H2,1H3,(H2,27,28,32). The summed E-state index contributed by atoms with van der Waals surface area (Å²) in [6.45, 7) is 5.21. The van der Waals surface area contributed by atoms with Crippen molar-refractivity contribution >= 4 is 6.03 Å². The van der Waals surface area contributed by atoms with Gasteiger partial charge in [0, 0.05) is 44.7 Å². The van der Waals surface area contributed by atoms with Crippen molar-refractivity contribution in [3.8, 4) is 0 Å². The molecule has 8 nitrogen and oxygen atoms in total. The fourth-order valence-electron chi connectivity index (χ4n) is 4.50. The third-order valence-electron chi connectivity index (χ3n) is 6.37. The summed E-state index contributed by atoms with van der Waals surface area (Å²) in [5, 5.41) is 24.8. The molecule has 4 N–H and O–H groups in total. The molecule has 0 bridgehead atoms. The van der Waals surface area contributed by atoms with Gasteiger partial charge in [0.25, 0.3) is 0 Å². The Morgan fingerprint density at radius 1 is 1.03 bits per heavy atom. The minimum absolute atomic E-state index is 0.0127. The third kappa shape index (κ3) is 6.55. The molecule has 2 aromatic rings. The Labute approximate surface area is 200 Å². The van der Waals surface area contributed by atoms with Gasteiger partial charge in [-0.3, -0.25) is 4.90 Å². The maximum Gasteiger partial charge on any atom is 0.315 e. The van der Waals surface area contributed by atoms with Crippen molar-refractivity contribution in [2.75, 3.05) is 26.2 Å². The van der Waals surface area contributed by atoms with Gasteiger partial charge in [-0.25, -0.2) is 4.79 Å². The van der Waals surface area contributed by atoms with Gasteiger partial charge in [0.2, 0.25) is 0 Å². The summed E-state index contributed by atoms with van der Waals surface area (Å²) in [7, 11) is 0. The van der Waals surface area contributed by atoms with Crippen LogP contribution in [-0.4, -0.2) is 59.5 Å². The number of amides is 2. The van der Waals surface area contributed by atoms with Crippen molar-refractivity contribution < 1.29 is 24.5 Å². The molecular formula is C26H35N3O5. The smallest absolute Gasteiger partial charge is 0.315 e. The van der Waals surface area contributed by atoms with E-state index in [0.717, 1.165) is 48.2 Å². The highest BCUT2D eigenvalue weighted by atomic mass is 16.7. The zero-order valence-corrected chi connectivity index (χ0v) is 19.7. The van der Waals surface area contributed by atoms with Crippen LogP contribution in [0.1, 0.15) is 54.4 Å². The number of carbonyl (C=O) groups excluding carboxylic acids is 1. The molecule has 0 radical (unpaired) electrons. The topological polar surface area (TPSA) is 103 Å². The lowest BCUT2D eigenvalue weighted by atomic mass is 9.99. The Morgan fingerprint density at radius 2 is 1.74 bits per heavy atom. The van der Waals surface area contributed by atoms with Gasteiger partial charge in [-0.15, -0.1) is 0 Å². The maximum atomic E-state index is 11.6. The minimum Gasteiger partial charge on any atom is -0.392 e. The van der Waals surface area contributed by atoms with Gasteiger partial charge in [0.15, 0.2) is 6.29 Å². The molecule has 8 heteroatoms. The van der Waals surface area contributed by atoms with Gasteiger partial charge in [0.1, 0.15) is 0 Å². The summed E-state index contributed by atoms with van der Waals surface area (Å²) in [6.07, 6.45) is 0.562. The third-order valence-corrected chi connectivity index (χ3v) is 6.37. The predicted octanol–water partition coefficient (Wildman–Crippen LogP) is 2.61. The van der Waals surface area contributed by atoms with Crippen molar-refractivity contribution in [2.45, 2.75) is 57.5 Å². The van der Waals surface area contributed by atoms with Crippen molar-refractivity contribution in [1.29, 1.82) is 0 Å². The zero-order chi connectivity index (χ0) is 23.9. The summed E-state index contributed by atoms with van der Waals surface area (Å²) in [5.74, 6) is 0. The van der Waals surface area contributed by atoms with Crippen LogP contribution in [0.2, 0.25) is 0 Å². The number of benzene rings is 2. The van der Waals surface area contributed by atoms with E-state index in [9.17, 15) is 15.0 Å². The Hall–Kier alpha value is -2.49. The highest BCUT2D eigenvalue weighted by Crippen LogP contribution is 2.38. The van der Waals surface area contributed by atoms with E-state index in [2.05, 4.69) is 15.5 Å². The molecular weight excluding hydrogens is 434 g/mol. The second-order valence-corrected chi connectivity index (χ2v) is 9.01. The second-order valence-electron chi connectivity index (χ2n) is 9.01. The van der Waals surface area contributed by atoms with Crippen LogP contribution in [0.5, 0.6) is 0 Å². The molecule has 2 aliphatic heterocycles. The first kappa shape index (κ1) is 24.6. The largest absolute Gasteiger partial charge is 0.392 e. The Morgan fingerprint density at radius 3 is 2.38 bits per heavy atom. The average Bonchev–Trinajstić information content (AvgIpc) is 3.27. The lowest BCUT2D eigenvalue weighted by Crippen LogP contribution is -2.38. The van der Waals surface area contributed by atoms with Crippen LogP contribution < -0.4 is 10.6 Å². The molecule has 4 unspecified atom stereocenters. The number of aliphatic hydroxyl groups excluding tert-OH is 2. The number of ether oxygens (including phenoxy) is 2. The molecule has 34 heavy (non-hydrogen) atoms. The van der Waals surface area contributed by atoms with Crippen LogP contribution in [0.25, 0.3) is 0 Å². The quantitative estimate of drug-likeness (QED) is 0.474. The Bertz CT molecular complexity index is 921. The lowest BCUT2D eigenvalue weighted by Gasteiger charge is -2.37. The van der Waals surface area contributed by atoms with Crippen LogP contribution in [0.3, 0.4) is 0 Å². The molecule has 0 spiro atoms. The van der Waals surface area contributed by atoms with Crippen molar-refractivity contribution in [1.82, 2.24) is 15.5 Å². The zero-order valence-electron chi connectivity index (χ0n) is 19.7. The number of rotatable bonds is 8. The van der Waals surface area contributed by atoms with Crippen molar-refractivity contribution in [3.05, 3.63) is 70.8 Å². The predicted molar refractivity (Wildman–Crippen MR) is 128 cm³/mol. The summed E-state index contributed by atoms with van der Waals surface area (Å²) < 4.78 is 12.8. The van der Waals surface area contributed by atoms with E-state index in [1.54, 1.807) is 0 Å². The normalized spacial score (nSPS) is 25.3. The van der Waals surface area contributed by atoms with Crippen LogP contribution in [-0.2, 0) is 22.6 Å². The van der Waals surface area contributed by atoms with E-state index in [4.69, 9.17) is 9.47 Å². The highest BCUT2D eigenvalue weighted by Gasteiger charge is 2.34. The summed E-state index contributed by atoms with van der Waals surface area (Å²) >= 11 is 0. The molecule has 4 atom stereocenters. The van der Waals surface area contributed by atoms with Gasteiger partial charge in [-0.2, -0.15) is 0 Å². The first-order chi connectivity index (χ1) is 16.5. The molecule has 0 aliphatic carbocycles. The van der Waals surface area contributed by atoms with Gasteiger partial charge in [-0.05, 0) is 30.0 Å². The van der Waals surface area contributed by atoms with E-state index in [1.165, 1.54) is 0 Å². The number of β-amino-alcohol motifs (C(OH)–C–C–N with tert-alkyl or cyclic N) is 1. The molecule has 4 rings (SSSR count). The molecule has 2 heterocycles. The number of likely N-dealkylation sites (tertiary alicyclic amines) is 1. The van der Waals surface area contributed by atoms with Crippen molar-refractivity contribution in [2.24, 2.45) is 0 Å². The van der Waals surface area contributed by atoms with Crippen LogP contribution in [0.15, 0.2) is 48.5 Å². The number of hydrogen-bond donors (Lipinski definition) is 4. The molecule has 2 saturated heterocycles. The van der Waals surface area contributed by atoms with E-state index < -0.39 is 6.29 Å². The summed E-state index contributed by atoms with van der Waals surface area (Å²) in [6, 6.07) is 15.6. The molecule has 2 fully saturated rings. The fraction of sp³-hybridized carbons (Fsp3) is 0.500. The lowest BCUT2D eigenvalue weighted by molar-refractivity contribution is -0.252. The highest BCUT2D eigenvalue weighted by molar-refractivity contribution is 5.73. The van der Waals surface area contributed by atoms with Gasteiger partial charge < -0.3 is 30.3 Å². The summed E-state index contributed by atoms with van der Waals surface area (Å²) in [4.78, 5) is 13.9. The number of carbonyl (C=O) groups is 1. The molecule has 184 valence electrons. The van der Waals surface area contributed by atoms with E-state index in [0.29, 0.717) is 19.6 Å². The molecule has 0 aromatic heterocycles. The monoisotopic (exact) mass is 469 g/mol. The number of urea groups is 1. The van der Waals surface area contributed by atoms with Crippen LogP contribution >= 0.6 is 0 Å². The first-order valence-electron chi connectivity index (χ1n) is 12.1. The minimum atomic E-state index is -0.515. The molecule has 2 aliphatic rings. The number of nitrogens with zero attached hydrogens (tertiary/aromatic N) is 1. The van der Waals surface area contributed by atoms with Crippen LogP contribution in [0.4, 0.5) is 4.79 Å². The van der Waals surface area contributed by atoms with E-state index >= 15 is 0 Å². The average molecular weight is 470 g/mol. The van der Waals surface area contributed by atoms with Crippen molar-refractivity contribution in [3.63, 3.8) is 0 Å². The SMILES string of the molecule is CCNC(=O)NCc1ccc(C2OC(CN3CCC(O)C3)CC(c3ccc(CO)cc3)O2)cc1.